The molecule has 104 valence electrons. The van der Waals surface area contributed by atoms with Gasteiger partial charge in [-0.1, -0.05) is 25.3 Å². The van der Waals surface area contributed by atoms with Gasteiger partial charge >= 0.3 is 0 Å². The van der Waals surface area contributed by atoms with Gasteiger partial charge in [0, 0.05) is 23.4 Å². The maximum absolute atomic E-state index is 12.4. The van der Waals surface area contributed by atoms with Gasteiger partial charge in [-0.2, -0.15) is 0 Å². The third kappa shape index (κ3) is 2.56. The molecule has 2 atom stereocenters. The predicted molar refractivity (Wildman–Crippen MR) is 78.0 cm³/mol. The van der Waals surface area contributed by atoms with E-state index < -0.39 is 0 Å². The van der Waals surface area contributed by atoms with Crippen molar-refractivity contribution in [1.82, 2.24) is 4.90 Å². The summed E-state index contributed by atoms with van der Waals surface area (Å²) < 4.78 is 0. The molecule has 0 spiro atoms. The molecule has 1 amide bonds. The standard InChI is InChI=1S/C15H22N2OS/c16-12-8-9-14(18)17(11-5-2-1-3-6-11)15(12)13-7-4-10-19-13/h4,7,10-12,15H,1-3,5-6,8-9,16H2. The lowest BCUT2D eigenvalue weighted by molar-refractivity contribution is -0.141. The van der Waals surface area contributed by atoms with Crippen molar-refractivity contribution < 1.29 is 4.79 Å². The number of hydrogen-bond acceptors (Lipinski definition) is 3. The van der Waals surface area contributed by atoms with Crippen LogP contribution >= 0.6 is 11.3 Å². The van der Waals surface area contributed by atoms with Crippen molar-refractivity contribution in [2.75, 3.05) is 0 Å². The zero-order valence-electron chi connectivity index (χ0n) is 11.3. The fraction of sp³-hybridized carbons (Fsp3) is 0.667. The number of likely N-dealkylation sites (tertiary alicyclic amines) is 1. The third-order valence-corrected chi connectivity index (χ3v) is 5.43. The van der Waals surface area contributed by atoms with Gasteiger partial charge in [0.2, 0.25) is 5.91 Å². The van der Waals surface area contributed by atoms with Crippen molar-refractivity contribution >= 4 is 17.2 Å². The van der Waals surface area contributed by atoms with Crippen LogP contribution in [0.4, 0.5) is 0 Å². The Morgan fingerprint density at radius 1 is 1.21 bits per heavy atom. The van der Waals surface area contributed by atoms with Crippen LogP contribution in [0.2, 0.25) is 0 Å². The number of nitrogens with two attached hydrogens (primary N) is 1. The quantitative estimate of drug-likeness (QED) is 0.903. The molecular formula is C15H22N2OS. The molecule has 2 fully saturated rings. The fourth-order valence-electron chi connectivity index (χ4n) is 3.54. The van der Waals surface area contributed by atoms with Crippen LogP contribution in [-0.4, -0.2) is 22.9 Å². The van der Waals surface area contributed by atoms with E-state index in [0.717, 1.165) is 19.3 Å². The molecule has 3 nitrogen and oxygen atoms in total. The van der Waals surface area contributed by atoms with E-state index in [4.69, 9.17) is 5.73 Å². The highest BCUT2D eigenvalue weighted by molar-refractivity contribution is 7.10. The number of carbonyl (C=O) groups is 1. The van der Waals surface area contributed by atoms with Crippen LogP contribution in [0.25, 0.3) is 0 Å². The van der Waals surface area contributed by atoms with E-state index in [1.807, 2.05) is 0 Å². The van der Waals surface area contributed by atoms with Crippen molar-refractivity contribution in [3.05, 3.63) is 22.4 Å². The Morgan fingerprint density at radius 3 is 2.68 bits per heavy atom. The van der Waals surface area contributed by atoms with Crippen molar-refractivity contribution in [3.8, 4) is 0 Å². The molecule has 0 aromatic carbocycles. The second-order valence-corrected chi connectivity index (χ2v) is 6.73. The highest BCUT2D eigenvalue weighted by Gasteiger charge is 2.39. The van der Waals surface area contributed by atoms with E-state index in [0.29, 0.717) is 18.4 Å². The predicted octanol–water partition coefficient (Wildman–Crippen LogP) is 3.07. The summed E-state index contributed by atoms with van der Waals surface area (Å²) in [5.74, 6) is 0.312. The first-order chi connectivity index (χ1) is 9.27. The lowest BCUT2D eigenvalue weighted by Gasteiger charge is -2.45. The summed E-state index contributed by atoms with van der Waals surface area (Å²) >= 11 is 1.73. The molecule has 1 aromatic rings. The Kier molecular flexibility index (Phi) is 3.89. The van der Waals surface area contributed by atoms with Crippen molar-refractivity contribution in [1.29, 1.82) is 0 Å². The smallest absolute Gasteiger partial charge is 0.223 e. The van der Waals surface area contributed by atoms with Gasteiger partial charge in [0.1, 0.15) is 0 Å². The fourth-order valence-corrected chi connectivity index (χ4v) is 4.44. The monoisotopic (exact) mass is 278 g/mol. The summed E-state index contributed by atoms with van der Waals surface area (Å²) in [6.45, 7) is 0. The molecule has 2 aliphatic rings. The molecule has 1 aliphatic heterocycles. The summed E-state index contributed by atoms with van der Waals surface area (Å²) in [6.07, 6.45) is 7.57. The lowest BCUT2D eigenvalue weighted by atomic mass is 9.87. The Hall–Kier alpha value is -0.870. The summed E-state index contributed by atoms with van der Waals surface area (Å²) in [4.78, 5) is 15.8. The summed E-state index contributed by atoms with van der Waals surface area (Å²) in [7, 11) is 0. The Labute approximate surface area is 118 Å². The van der Waals surface area contributed by atoms with Crippen molar-refractivity contribution in [2.24, 2.45) is 5.73 Å². The molecule has 19 heavy (non-hydrogen) atoms. The molecule has 0 radical (unpaired) electrons. The summed E-state index contributed by atoms with van der Waals surface area (Å²) in [5, 5.41) is 2.08. The molecule has 1 saturated carbocycles. The van der Waals surface area contributed by atoms with Crippen LogP contribution in [0.5, 0.6) is 0 Å². The van der Waals surface area contributed by atoms with Gasteiger partial charge in [0.15, 0.2) is 0 Å². The largest absolute Gasteiger partial charge is 0.330 e. The van der Waals surface area contributed by atoms with E-state index >= 15 is 0 Å². The molecule has 2 unspecified atom stereocenters. The SMILES string of the molecule is NC1CCC(=O)N(C2CCCCC2)C1c1cccs1. The van der Waals surface area contributed by atoms with Gasteiger partial charge in [-0.3, -0.25) is 4.79 Å². The van der Waals surface area contributed by atoms with Crippen LogP contribution in [0.15, 0.2) is 17.5 Å². The number of carbonyl (C=O) groups excluding carboxylic acids is 1. The Morgan fingerprint density at radius 2 is 2.00 bits per heavy atom. The second-order valence-electron chi connectivity index (χ2n) is 5.76. The Bertz CT molecular complexity index is 425. The maximum atomic E-state index is 12.4. The van der Waals surface area contributed by atoms with Gasteiger partial charge in [-0.05, 0) is 30.7 Å². The number of piperidine rings is 1. The van der Waals surface area contributed by atoms with E-state index in [1.54, 1.807) is 11.3 Å². The minimum Gasteiger partial charge on any atom is -0.330 e. The molecule has 2 N–H and O–H groups in total. The first kappa shape index (κ1) is 13.1. The number of thiophene rings is 1. The minimum absolute atomic E-state index is 0.0956. The normalized spacial score (nSPS) is 29.7. The van der Waals surface area contributed by atoms with Gasteiger partial charge in [0.05, 0.1) is 6.04 Å². The van der Waals surface area contributed by atoms with Crippen LogP contribution in [-0.2, 0) is 4.79 Å². The highest BCUT2D eigenvalue weighted by atomic mass is 32.1. The van der Waals surface area contributed by atoms with Crippen LogP contribution < -0.4 is 5.73 Å². The van der Waals surface area contributed by atoms with Crippen molar-refractivity contribution in [3.63, 3.8) is 0 Å². The first-order valence-electron chi connectivity index (χ1n) is 7.37. The molecular weight excluding hydrogens is 256 g/mol. The van der Waals surface area contributed by atoms with Gasteiger partial charge in [0.25, 0.3) is 0 Å². The topological polar surface area (TPSA) is 46.3 Å². The summed E-state index contributed by atoms with van der Waals surface area (Å²) in [5.41, 5.74) is 6.34. The Balaban J connectivity index is 1.88. The molecule has 3 rings (SSSR count). The highest BCUT2D eigenvalue weighted by Crippen LogP contribution is 2.38. The molecule has 1 saturated heterocycles. The van der Waals surface area contributed by atoms with Gasteiger partial charge in [-0.15, -0.1) is 11.3 Å². The average Bonchev–Trinajstić information content (AvgIpc) is 2.96. The molecule has 1 aromatic heterocycles. The van der Waals surface area contributed by atoms with Crippen LogP contribution in [0, 0.1) is 0 Å². The van der Waals surface area contributed by atoms with Crippen LogP contribution in [0.3, 0.4) is 0 Å². The molecule has 1 aliphatic carbocycles. The van der Waals surface area contributed by atoms with E-state index in [1.165, 1.54) is 24.1 Å². The van der Waals surface area contributed by atoms with Crippen molar-refractivity contribution in [2.45, 2.75) is 63.1 Å². The zero-order valence-corrected chi connectivity index (χ0v) is 12.1. The first-order valence-corrected chi connectivity index (χ1v) is 8.25. The minimum atomic E-state index is 0.0956. The summed E-state index contributed by atoms with van der Waals surface area (Å²) in [6, 6.07) is 4.82. The second kappa shape index (κ2) is 5.63. The third-order valence-electron chi connectivity index (χ3n) is 4.49. The van der Waals surface area contributed by atoms with E-state index in [-0.39, 0.29) is 12.1 Å². The van der Waals surface area contributed by atoms with E-state index in [2.05, 4.69) is 22.4 Å². The average molecular weight is 278 g/mol. The lowest BCUT2D eigenvalue weighted by Crippen LogP contribution is -2.53. The zero-order chi connectivity index (χ0) is 13.2. The number of rotatable bonds is 2. The van der Waals surface area contributed by atoms with Gasteiger partial charge in [-0.25, -0.2) is 0 Å². The molecule has 0 bridgehead atoms. The van der Waals surface area contributed by atoms with E-state index in [9.17, 15) is 4.79 Å². The number of amides is 1. The number of nitrogens with zero attached hydrogens (tertiary/aromatic N) is 1. The number of hydrogen-bond donors (Lipinski definition) is 1. The van der Waals surface area contributed by atoms with Crippen LogP contribution in [0.1, 0.15) is 55.9 Å². The molecule has 4 heteroatoms. The van der Waals surface area contributed by atoms with Gasteiger partial charge < -0.3 is 10.6 Å². The maximum Gasteiger partial charge on any atom is 0.223 e. The molecule has 2 heterocycles.